The van der Waals surface area contributed by atoms with Gasteiger partial charge in [0.05, 0.1) is 0 Å². The Labute approximate surface area is 138 Å². The standard InChI is InChI=1S/C18H23N3S/c1-21(2)17-12-10-16(11-13-17)20-18(22)19-14-6-9-15-7-4-3-5-8-15/h3-5,7-8,10-13H,6,9,14H2,1-2H3,(H2,19,20,22). The molecule has 0 heterocycles. The van der Waals surface area contributed by atoms with Crippen molar-refractivity contribution < 1.29 is 0 Å². The van der Waals surface area contributed by atoms with Crippen molar-refractivity contribution in [1.29, 1.82) is 0 Å². The molecule has 0 aliphatic heterocycles. The van der Waals surface area contributed by atoms with Crippen molar-refractivity contribution in [1.82, 2.24) is 5.32 Å². The van der Waals surface area contributed by atoms with Crippen molar-refractivity contribution in [2.45, 2.75) is 12.8 Å². The third-order valence-electron chi connectivity index (χ3n) is 3.41. The molecule has 116 valence electrons. The van der Waals surface area contributed by atoms with Gasteiger partial charge in [-0.1, -0.05) is 30.3 Å². The molecule has 2 rings (SSSR count). The number of aryl methyl sites for hydroxylation is 1. The van der Waals surface area contributed by atoms with E-state index in [0.717, 1.165) is 25.1 Å². The highest BCUT2D eigenvalue weighted by Crippen LogP contribution is 2.15. The number of hydrogen-bond acceptors (Lipinski definition) is 2. The second-order valence-electron chi connectivity index (χ2n) is 5.41. The summed E-state index contributed by atoms with van der Waals surface area (Å²) in [5, 5.41) is 7.13. The molecule has 0 spiro atoms. The zero-order valence-corrected chi connectivity index (χ0v) is 14.0. The number of hydrogen-bond donors (Lipinski definition) is 2. The molecule has 2 aromatic rings. The molecule has 2 aromatic carbocycles. The van der Waals surface area contributed by atoms with Crippen LogP contribution in [-0.4, -0.2) is 25.8 Å². The summed E-state index contributed by atoms with van der Waals surface area (Å²) in [6, 6.07) is 18.7. The maximum atomic E-state index is 5.32. The van der Waals surface area contributed by atoms with E-state index in [0.29, 0.717) is 5.11 Å². The molecular weight excluding hydrogens is 290 g/mol. The van der Waals surface area contributed by atoms with Crippen molar-refractivity contribution in [3.05, 3.63) is 60.2 Å². The summed E-state index contributed by atoms with van der Waals surface area (Å²) in [4.78, 5) is 2.07. The summed E-state index contributed by atoms with van der Waals surface area (Å²) in [6.45, 7) is 0.872. The molecule has 0 aromatic heterocycles. The number of anilines is 2. The molecule has 0 radical (unpaired) electrons. The van der Waals surface area contributed by atoms with Gasteiger partial charge in [0.15, 0.2) is 5.11 Å². The zero-order valence-electron chi connectivity index (χ0n) is 13.2. The average Bonchev–Trinajstić information content (AvgIpc) is 2.53. The van der Waals surface area contributed by atoms with Crippen LogP contribution in [0.3, 0.4) is 0 Å². The van der Waals surface area contributed by atoms with Gasteiger partial charge in [-0.25, -0.2) is 0 Å². The Balaban J connectivity index is 1.69. The Morgan fingerprint density at radius 2 is 1.68 bits per heavy atom. The average molecular weight is 313 g/mol. The van der Waals surface area contributed by atoms with Crippen LogP contribution in [0.15, 0.2) is 54.6 Å². The van der Waals surface area contributed by atoms with E-state index in [2.05, 4.69) is 51.9 Å². The molecule has 0 aliphatic carbocycles. The highest BCUT2D eigenvalue weighted by atomic mass is 32.1. The predicted octanol–water partition coefficient (Wildman–Crippen LogP) is 3.67. The molecule has 0 fully saturated rings. The minimum absolute atomic E-state index is 0.672. The lowest BCUT2D eigenvalue weighted by atomic mass is 10.1. The Morgan fingerprint density at radius 1 is 1.00 bits per heavy atom. The molecule has 22 heavy (non-hydrogen) atoms. The van der Waals surface area contributed by atoms with Crippen molar-refractivity contribution in [3.63, 3.8) is 0 Å². The summed E-state index contributed by atoms with van der Waals surface area (Å²) in [7, 11) is 4.06. The quantitative estimate of drug-likeness (QED) is 0.628. The second kappa shape index (κ2) is 8.39. The van der Waals surface area contributed by atoms with Gasteiger partial charge in [-0.3, -0.25) is 0 Å². The van der Waals surface area contributed by atoms with Gasteiger partial charge in [-0.2, -0.15) is 0 Å². The Kier molecular flexibility index (Phi) is 6.22. The minimum Gasteiger partial charge on any atom is -0.378 e. The smallest absolute Gasteiger partial charge is 0.170 e. The van der Waals surface area contributed by atoms with Gasteiger partial charge in [-0.05, 0) is 54.9 Å². The van der Waals surface area contributed by atoms with E-state index >= 15 is 0 Å². The lowest BCUT2D eigenvalue weighted by Gasteiger charge is -2.14. The van der Waals surface area contributed by atoms with Crippen LogP contribution in [0.1, 0.15) is 12.0 Å². The maximum Gasteiger partial charge on any atom is 0.170 e. The molecule has 4 heteroatoms. The fourth-order valence-corrected chi connectivity index (χ4v) is 2.38. The van der Waals surface area contributed by atoms with Gasteiger partial charge in [0.1, 0.15) is 0 Å². The molecular formula is C18H23N3S. The molecule has 3 nitrogen and oxygen atoms in total. The van der Waals surface area contributed by atoms with Gasteiger partial charge >= 0.3 is 0 Å². The molecule has 0 atom stereocenters. The number of rotatable bonds is 6. The van der Waals surface area contributed by atoms with Crippen LogP contribution in [0.4, 0.5) is 11.4 Å². The van der Waals surface area contributed by atoms with Crippen LogP contribution in [0, 0.1) is 0 Å². The Morgan fingerprint density at radius 3 is 2.32 bits per heavy atom. The van der Waals surface area contributed by atoms with E-state index in [1.165, 1.54) is 11.3 Å². The lowest BCUT2D eigenvalue weighted by molar-refractivity contribution is 0.777. The Hall–Kier alpha value is -2.07. The van der Waals surface area contributed by atoms with Gasteiger partial charge in [-0.15, -0.1) is 0 Å². The van der Waals surface area contributed by atoms with E-state index in [9.17, 15) is 0 Å². The van der Waals surface area contributed by atoms with Crippen molar-refractivity contribution in [2.24, 2.45) is 0 Å². The summed E-state index contributed by atoms with van der Waals surface area (Å²) >= 11 is 5.32. The van der Waals surface area contributed by atoms with Crippen molar-refractivity contribution in [2.75, 3.05) is 30.9 Å². The van der Waals surface area contributed by atoms with E-state index in [4.69, 9.17) is 12.2 Å². The third kappa shape index (κ3) is 5.37. The topological polar surface area (TPSA) is 27.3 Å². The highest BCUT2D eigenvalue weighted by Gasteiger charge is 1.99. The first-order valence-electron chi connectivity index (χ1n) is 7.51. The predicted molar refractivity (Wildman–Crippen MR) is 99.8 cm³/mol. The number of nitrogens with zero attached hydrogens (tertiary/aromatic N) is 1. The normalized spacial score (nSPS) is 10.1. The van der Waals surface area contributed by atoms with Crippen molar-refractivity contribution in [3.8, 4) is 0 Å². The van der Waals surface area contributed by atoms with Crippen LogP contribution in [-0.2, 0) is 6.42 Å². The molecule has 0 unspecified atom stereocenters. The Bertz CT molecular complexity index is 579. The molecule has 0 saturated carbocycles. The van der Waals surface area contributed by atoms with Gasteiger partial charge < -0.3 is 15.5 Å². The van der Waals surface area contributed by atoms with Gasteiger partial charge in [0.2, 0.25) is 0 Å². The lowest BCUT2D eigenvalue weighted by Crippen LogP contribution is -2.29. The first kappa shape index (κ1) is 16.3. The maximum absolute atomic E-state index is 5.32. The van der Waals surface area contributed by atoms with Crippen molar-refractivity contribution >= 4 is 28.7 Å². The van der Waals surface area contributed by atoms with Crippen LogP contribution < -0.4 is 15.5 Å². The first-order chi connectivity index (χ1) is 10.6. The molecule has 0 saturated heterocycles. The SMILES string of the molecule is CN(C)c1ccc(NC(=S)NCCCc2ccccc2)cc1. The van der Waals surface area contributed by atoms with E-state index in [1.54, 1.807) is 0 Å². The first-order valence-corrected chi connectivity index (χ1v) is 7.92. The number of nitrogens with one attached hydrogen (secondary N) is 2. The van der Waals surface area contributed by atoms with Gasteiger partial charge in [0.25, 0.3) is 0 Å². The molecule has 0 bridgehead atoms. The van der Waals surface area contributed by atoms with Gasteiger partial charge in [0, 0.05) is 32.0 Å². The zero-order chi connectivity index (χ0) is 15.8. The molecule has 2 N–H and O–H groups in total. The van der Waals surface area contributed by atoms with Crippen LogP contribution in [0.25, 0.3) is 0 Å². The monoisotopic (exact) mass is 313 g/mol. The summed E-state index contributed by atoms with van der Waals surface area (Å²) in [5.74, 6) is 0. The molecule has 0 aliphatic rings. The second-order valence-corrected chi connectivity index (χ2v) is 5.82. The highest BCUT2D eigenvalue weighted by molar-refractivity contribution is 7.80. The van der Waals surface area contributed by atoms with Crippen LogP contribution in [0.5, 0.6) is 0 Å². The molecule has 0 amide bonds. The fraction of sp³-hybridized carbons (Fsp3) is 0.278. The fourth-order valence-electron chi connectivity index (χ4n) is 2.16. The van der Waals surface area contributed by atoms with E-state index < -0.39 is 0 Å². The number of benzene rings is 2. The van der Waals surface area contributed by atoms with Crippen LogP contribution in [0.2, 0.25) is 0 Å². The summed E-state index contributed by atoms with van der Waals surface area (Å²) in [5.41, 5.74) is 3.54. The van der Waals surface area contributed by atoms with E-state index in [-0.39, 0.29) is 0 Å². The van der Waals surface area contributed by atoms with E-state index in [1.807, 2.05) is 32.3 Å². The third-order valence-corrected chi connectivity index (χ3v) is 3.66. The van der Waals surface area contributed by atoms with Crippen LogP contribution >= 0.6 is 12.2 Å². The summed E-state index contributed by atoms with van der Waals surface area (Å²) in [6.07, 6.45) is 2.12. The largest absolute Gasteiger partial charge is 0.378 e. The summed E-state index contributed by atoms with van der Waals surface area (Å²) < 4.78 is 0. The minimum atomic E-state index is 0.672. The number of thiocarbonyl (C=S) groups is 1.